The van der Waals surface area contributed by atoms with Crippen LogP contribution in [0.1, 0.15) is 26.7 Å². The second-order valence-corrected chi connectivity index (χ2v) is 7.51. The average Bonchev–Trinajstić information content (AvgIpc) is 2.99. The molecule has 3 aromatic rings. The first-order valence-electron chi connectivity index (χ1n) is 6.18. The van der Waals surface area contributed by atoms with E-state index >= 15 is 0 Å². The normalized spacial score (nSPS) is 12.4. The molecule has 0 fully saturated rings. The van der Waals surface area contributed by atoms with E-state index < -0.39 is 0 Å². The lowest BCUT2D eigenvalue weighted by atomic mass is 10.1. The molecule has 100 valence electrons. The van der Waals surface area contributed by atoms with E-state index in [1.165, 1.54) is 9.40 Å². The summed E-state index contributed by atoms with van der Waals surface area (Å²) in [6.45, 7) is 7.04. The van der Waals surface area contributed by atoms with Crippen LogP contribution in [0.15, 0.2) is 28.1 Å². The number of rotatable bonds is 3. The molecule has 1 N–H and O–H groups in total. The molecule has 0 aromatic carbocycles. The Morgan fingerprint density at radius 3 is 2.89 bits per heavy atom. The summed E-state index contributed by atoms with van der Waals surface area (Å²) in [6.07, 6.45) is 1.81. The van der Waals surface area contributed by atoms with Crippen molar-refractivity contribution in [1.29, 1.82) is 0 Å². The van der Waals surface area contributed by atoms with Crippen LogP contribution in [-0.4, -0.2) is 10.5 Å². The van der Waals surface area contributed by atoms with Gasteiger partial charge in [-0.2, -0.15) is 0 Å². The van der Waals surface area contributed by atoms with E-state index in [9.17, 15) is 0 Å². The molecule has 0 atom stereocenters. The summed E-state index contributed by atoms with van der Waals surface area (Å²) in [6, 6.07) is 4.32. The molecule has 0 unspecified atom stereocenters. The van der Waals surface area contributed by atoms with Gasteiger partial charge in [0.2, 0.25) is 5.89 Å². The van der Waals surface area contributed by atoms with Crippen molar-refractivity contribution in [2.75, 3.05) is 0 Å². The highest BCUT2D eigenvalue weighted by atomic mass is 32.1. The quantitative estimate of drug-likeness (QED) is 0.772. The molecule has 0 amide bonds. The summed E-state index contributed by atoms with van der Waals surface area (Å²) in [5.41, 5.74) is 0.0696. The third-order valence-electron chi connectivity index (χ3n) is 2.71. The molecule has 3 heterocycles. The zero-order valence-corrected chi connectivity index (χ0v) is 12.8. The van der Waals surface area contributed by atoms with Gasteiger partial charge in [0, 0.05) is 14.9 Å². The molecule has 5 heteroatoms. The van der Waals surface area contributed by atoms with Crippen molar-refractivity contribution < 1.29 is 4.42 Å². The first-order valence-corrected chi connectivity index (χ1v) is 7.88. The summed E-state index contributed by atoms with van der Waals surface area (Å²) in [7, 11) is 0. The molecule has 0 radical (unpaired) electrons. The lowest BCUT2D eigenvalue weighted by molar-refractivity contribution is 0.384. The fourth-order valence-electron chi connectivity index (χ4n) is 1.73. The Morgan fingerprint density at radius 1 is 1.32 bits per heavy atom. The number of nitrogens with one attached hydrogen (secondary N) is 1. The third kappa shape index (κ3) is 2.88. The van der Waals surface area contributed by atoms with Gasteiger partial charge in [-0.05, 0) is 38.3 Å². The zero-order valence-electron chi connectivity index (χ0n) is 11.2. The van der Waals surface area contributed by atoms with Gasteiger partial charge >= 0.3 is 0 Å². The Hall–Kier alpha value is -1.17. The van der Waals surface area contributed by atoms with Crippen molar-refractivity contribution in [3.05, 3.63) is 29.6 Å². The maximum absolute atomic E-state index is 5.81. The average molecular weight is 292 g/mol. The van der Waals surface area contributed by atoms with Gasteiger partial charge in [-0.1, -0.05) is 0 Å². The number of hydrogen-bond donors (Lipinski definition) is 1. The molecular weight excluding hydrogens is 276 g/mol. The highest BCUT2D eigenvalue weighted by Crippen LogP contribution is 2.36. The summed E-state index contributed by atoms with van der Waals surface area (Å²) < 4.78 is 8.43. The van der Waals surface area contributed by atoms with Gasteiger partial charge in [0.1, 0.15) is 0 Å². The van der Waals surface area contributed by atoms with Gasteiger partial charge in [-0.3, -0.25) is 0 Å². The van der Waals surface area contributed by atoms with Gasteiger partial charge in [0.25, 0.3) is 0 Å². The first-order chi connectivity index (χ1) is 9.01. The van der Waals surface area contributed by atoms with Crippen LogP contribution in [0.3, 0.4) is 0 Å². The summed E-state index contributed by atoms with van der Waals surface area (Å²) >= 11 is 3.51. The highest BCUT2D eigenvalue weighted by molar-refractivity contribution is 7.28. The molecule has 19 heavy (non-hydrogen) atoms. The van der Waals surface area contributed by atoms with Crippen LogP contribution in [0.4, 0.5) is 0 Å². The summed E-state index contributed by atoms with van der Waals surface area (Å²) in [5.74, 6) is 1.60. The monoisotopic (exact) mass is 292 g/mol. The molecule has 3 aromatic heterocycles. The maximum atomic E-state index is 5.81. The Kier molecular flexibility index (Phi) is 3.20. The summed E-state index contributed by atoms with van der Waals surface area (Å²) in [4.78, 5) is 5.48. The molecule has 3 nitrogen and oxygen atoms in total. The smallest absolute Gasteiger partial charge is 0.208 e. The molecular formula is C14H16N2OS2. The van der Waals surface area contributed by atoms with Gasteiger partial charge in [-0.25, -0.2) is 4.98 Å². The Bertz CT molecular complexity index is 659. The van der Waals surface area contributed by atoms with Crippen LogP contribution < -0.4 is 5.32 Å². The van der Waals surface area contributed by atoms with Gasteiger partial charge < -0.3 is 9.73 Å². The lowest BCUT2D eigenvalue weighted by Gasteiger charge is -2.18. The third-order valence-corrected chi connectivity index (χ3v) is 4.81. The molecule has 0 saturated heterocycles. The number of fused-ring (bicyclic) bond motifs is 1. The fourth-order valence-corrected chi connectivity index (χ4v) is 3.79. The predicted molar refractivity (Wildman–Crippen MR) is 81.8 cm³/mol. The van der Waals surface area contributed by atoms with E-state index in [1.54, 1.807) is 22.7 Å². The second-order valence-electron chi connectivity index (χ2n) is 5.48. The molecule has 0 aliphatic carbocycles. The second kappa shape index (κ2) is 4.74. The maximum Gasteiger partial charge on any atom is 0.208 e. The van der Waals surface area contributed by atoms with Crippen LogP contribution in [0.2, 0.25) is 0 Å². The van der Waals surface area contributed by atoms with E-state index in [4.69, 9.17) is 4.42 Å². The van der Waals surface area contributed by atoms with Crippen molar-refractivity contribution in [2.24, 2.45) is 0 Å². The van der Waals surface area contributed by atoms with Gasteiger partial charge in [0.05, 0.1) is 17.6 Å². The van der Waals surface area contributed by atoms with Crippen LogP contribution in [0, 0.1) is 0 Å². The van der Waals surface area contributed by atoms with E-state index in [2.05, 4.69) is 48.6 Å². The van der Waals surface area contributed by atoms with Crippen LogP contribution in [-0.2, 0) is 6.54 Å². The van der Waals surface area contributed by atoms with Crippen molar-refractivity contribution in [3.63, 3.8) is 0 Å². The molecule has 0 saturated carbocycles. The minimum absolute atomic E-state index is 0.0696. The van der Waals surface area contributed by atoms with Crippen molar-refractivity contribution in [3.8, 4) is 10.6 Å². The zero-order chi connectivity index (χ0) is 13.5. The molecule has 0 aliphatic heterocycles. The number of thiophene rings is 2. The van der Waals surface area contributed by atoms with E-state index in [1.807, 2.05) is 6.20 Å². The minimum atomic E-state index is 0.0696. The molecule has 0 spiro atoms. The highest BCUT2D eigenvalue weighted by Gasteiger charge is 2.13. The molecule has 3 rings (SSSR count). The molecule has 0 aliphatic rings. The van der Waals surface area contributed by atoms with Crippen LogP contribution in [0.5, 0.6) is 0 Å². The standard InChI is InChI=1S/C14H16N2OS2/c1-14(2,3)16-8-13-15-7-9(17-13)11-6-12-10(19-11)4-5-18-12/h4-7,16H,8H2,1-3H3. The van der Waals surface area contributed by atoms with Crippen molar-refractivity contribution in [2.45, 2.75) is 32.9 Å². The van der Waals surface area contributed by atoms with Crippen LogP contribution in [0.25, 0.3) is 20.0 Å². The molecule has 0 bridgehead atoms. The topological polar surface area (TPSA) is 38.1 Å². The number of hydrogen-bond acceptors (Lipinski definition) is 5. The number of aromatic nitrogens is 1. The van der Waals surface area contributed by atoms with Crippen LogP contribution >= 0.6 is 22.7 Å². The van der Waals surface area contributed by atoms with E-state index in [0.29, 0.717) is 6.54 Å². The number of oxazole rings is 1. The first kappa shape index (κ1) is 12.8. The largest absolute Gasteiger partial charge is 0.438 e. The van der Waals surface area contributed by atoms with E-state index in [-0.39, 0.29) is 5.54 Å². The number of nitrogens with zero attached hydrogens (tertiary/aromatic N) is 1. The fraction of sp³-hybridized carbons (Fsp3) is 0.357. The SMILES string of the molecule is CC(C)(C)NCc1ncc(-c2cc3sccc3s2)o1. The lowest BCUT2D eigenvalue weighted by Crippen LogP contribution is -2.35. The summed E-state index contributed by atoms with van der Waals surface area (Å²) in [5, 5.41) is 5.49. The van der Waals surface area contributed by atoms with Gasteiger partial charge in [-0.15, -0.1) is 22.7 Å². The van der Waals surface area contributed by atoms with Gasteiger partial charge in [0.15, 0.2) is 5.76 Å². The van der Waals surface area contributed by atoms with Crippen molar-refractivity contribution in [1.82, 2.24) is 10.3 Å². The van der Waals surface area contributed by atoms with Crippen molar-refractivity contribution >= 4 is 32.1 Å². The Morgan fingerprint density at radius 2 is 2.16 bits per heavy atom. The Balaban J connectivity index is 1.79. The predicted octanol–water partition coefficient (Wildman–Crippen LogP) is 4.51. The minimum Gasteiger partial charge on any atom is -0.438 e. The Labute approximate surface area is 120 Å². The van der Waals surface area contributed by atoms with E-state index in [0.717, 1.165) is 16.5 Å².